The molecule has 0 aliphatic carbocycles. The van der Waals surface area contributed by atoms with Crippen molar-refractivity contribution in [3.63, 3.8) is 0 Å². The van der Waals surface area contributed by atoms with Gasteiger partial charge in [-0.15, -0.1) is 0 Å². The van der Waals surface area contributed by atoms with Crippen LogP contribution in [-0.2, 0) is 17.3 Å². The standard InChI is InChI=1S/C19H21F3N4O2/c20-19(21,22)16-5-6-17(24-14-16)25-8-10-26(11-9-25)18(27)28-12-2-4-15-3-1-7-23-13-15/h1,3,5-7,13-14H,2,4,8-12H2. The van der Waals surface area contributed by atoms with E-state index in [0.29, 0.717) is 45.0 Å². The Morgan fingerprint density at radius 3 is 2.50 bits per heavy atom. The van der Waals surface area contributed by atoms with E-state index in [9.17, 15) is 18.0 Å². The predicted octanol–water partition coefficient (Wildman–Crippen LogP) is 3.39. The molecule has 1 saturated heterocycles. The summed E-state index contributed by atoms with van der Waals surface area (Å²) >= 11 is 0. The highest BCUT2D eigenvalue weighted by atomic mass is 19.4. The fourth-order valence-corrected chi connectivity index (χ4v) is 2.93. The Bertz CT molecular complexity index is 761. The number of carbonyl (C=O) groups excluding carboxylic acids is 1. The van der Waals surface area contributed by atoms with Crippen LogP contribution in [-0.4, -0.2) is 53.7 Å². The lowest BCUT2D eigenvalue weighted by atomic mass is 10.2. The molecule has 0 unspecified atom stereocenters. The van der Waals surface area contributed by atoms with Crippen LogP contribution >= 0.6 is 0 Å². The Balaban J connectivity index is 1.40. The number of halogens is 3. The van der Waals surface area contributed by atoms with Gasteiger partial charge in [0, 0.05) is 44.8 Å². The molecule has 0 radical (unpaired) electrons. The third-order valence-corrected chi connectivity index (χ3v) is 4.50. The summed E-state index contributed by atoms with van der Waals surface area (Å²) in [6.45, 7) is 2.18. The lowest BCUT2D eigenvalue weighted by molar-refractivity contribution is -0.137. The fraction of sp³-hybridized carbons (Fsp3) is 0.421. The van der Waals surface area contributed by atoms with Crippen molar-refractivity contribution >= 4 is 11.9 Å². The van der Waals surface area contributed by atoms with Crippen molar-refractivity contribution in [1.82, 2.24) is 14.9 Å². The minimum absolute atomic E-state index is 0.328. The molecule has 2 aromatic heterocycles. The van der Waals surface area contributed by atoms with Crippen LogP contribution in [0.15, 0.2) is 42.9 Å². The highest BCUT2D eigenvalue weighted by Gasteiger charge is 2.31. The predicted molar refractivity (Wildman–Crippen MR) is 96.9 cm³/mol. The summed E-state index contributed by atoms with van der Waals surface area (Å²) in [5.74, 6) is 0.470. The molecule has 1 aliphatic heterocycles. The molecule has 1 fully saturated rings. The molecule has 9 heteroatoms. The molecule has 3 rings (SSSR count). The number of aryl methyl sites for hydroxylation is 1. The molecular formula is C19H21F3N4O2. The monoisotopic (exact) mass is 394 g/mol. The quantitative estimate of drug-likeness (QED) is 0.728. The Morgan fingerprint density at radius 1 is 1.11 bits per heavy atom. The van der Waals surface area contributed by atoms with Crippen LogP contribution in [0.2, 0.25) is 0 Å². The highest BCUT2D eigenvalue weighted by Crippen LogP contribution is 2.29. The maximum atomic E-state index is 12.6. The van der Waals surface area contributed by atoms with Gasteiger partial charge >= 0.3 is 12.3 Å². The van der Waals surface area contributed by atoms with Gasteiger partial charge in [-0.25, -0.2) is 9.78 Å². The summed E-state index contributed by atoms with van der Waals surface area (Å²) in [7, 11) is 0. The summed E-state index contributed by atoms with van der Waals surface area (Å²) in [6.07, 6.45) is 1.07. The normalized spacial score (nSPS) is 14.8. The molecule has 1 amide bonds. The number of rotatable bonds is 5. The van der Waals surface area contributed by atoms with Crippen LogP contribution in [0, 0.1) is 0 Å². The Hall–Kier alpha value is -2.84. The number of hydrogen-bond donors (Lipinski definition) is 0. The van der Waals surface area contributed by atoms with E-state index >= 15 is 0 Å². The lowest BCUT2D eigenvalue weighted by Gasteiger charge is -2.34. The molecule has 28 heavy (non-hydrogen) atoms. The minimum Gasteiger partial charge on any atom is -0.449 e. The molecular weight excluding hydrogens is 373 g/mol. The van der Waals surface area contributed by atoms with E-state index in [0.717, 1.165) is 24.2 Å². The number of aromatic nitrogens is 2. The first-order valence-corrected chi connectivity index (χ1v) is 9.02. The zero-order chi connectivity index (χ0) is 20.0. The Labute approximate surface area is 160 Å². The van der Waals surface area contributed by atoms with E-state index in [4.69, 9.17) is 4.74 Å². The van der Waals surface area contributed by atoms with E-state index in [1.54, 1.807) is 17.3 Å². The number of pyridine rings is 2. The average Bonchev–Trinajstić information content (AvgIpc) is 2.71. The second-order valence-electron chi connectivity index (χ2n) is 6.46. The molecule has 0 N–H and O–H groups in total. The molecule has 0 saturated carbocycles. The zero-order valence-electron chi connectivity index (χ0n) is 15.2. The van der Waals surface area contributed by atoms with Crippen LogP contribution in [0.3, 0.4) is 0 Å². The smallest absolute Gasteiger partial charge is 0.417 e. The Kier molecular flexibility index (Phi) is 6.33. The molecule has 1 aliphatic rings. The number of amides is 1. The third-order valence-electron chi connectivity index (χ3n) is 4.50. The molecule has 6 nitrogen and oxygen atoms in total. The summed E-state index contributed by atoms with van der Waals surface area (Å²) in [4.78, 5) is 23.5. The maximum absolute atomic E-state index is 12.6. The molecule has 3 heterocycles. The summed E-state index contributed by atoms with van der Waals surface area (Å²) in [5, 5.41) is 0. The lowest BCUT2D eigenvalue weighted by Crippen LogP contribution is -2.49. The maximum Gasteiger partial charge on any atom is 0.417 e. The number of hydrogen-bond acceptors (Lipinski definition) is 5. The Morgan fingerprint density at radius 2 is 1.89 bits per heavy atom. The second-order valence-corrected chi connectivity index (χ2v) is 6.46. The first-order valence-electron chi connectivity index (χ1n) is 9.02. The van der Waals surface area contributed by atoms with Crippen molar-refractivity contribution < 1.29 is 22.7 Å². The molecule has 0 bridgehead atoms. The van der Waals surface area contributed by atoms with Crippen molar-refractivity contribution in [2.45, 2.75) is 19.0 Å². The zero-order valence-corrected chi connectivity index (χ0v) is 15.2. The van der Waals surface area contributed by atoms with Gasteiger partial charge in [-0.1, -0.05) is 6.07 Å². The molecule has 0 spiro atoms. The summed E-state index contributed by atoms with van der Waals surface area (Å²) in [6, 6.07) is 6.22. The van der Waals surface area contributed by atoms with E-state index in [1.807, 2.05) is 17.0 Å². The van der Waals surface area contributed by atoms with Crippen molar-refractivity contribution in [2.75, 3.05) is 37.7 Å². The van der Waals surface area contributed by atoms with E-state index in [-0.39, 0.29) is 6.09 Å². The number of nitrogens with zero attached hydrogens (tertiary/aromatic N) is 4. The van der Waals surface area contributed by atoms with Gasteiger partial charge in [0.05, 0.1) is 12.2 Å². The minimum atomic E-state index is -4.40. The topological polar surface area (TPSA) is 58.6 Å². The molecule has 2 aromatic rings. The van der Waals surface area contributed by atoms with Crippen LogP contribution in [0.4, 0.5) is 23.8 Å². The summed E-state index contributed by atoms with van der Waals surface area (Å²) in [5.41, 5.74) is 0.320. The number of alkyl halides is 3. The van der Waals surface area contributed by atoms with E-state index in [2.05, 4.69) is 9.97 Å². The van der Waals surface area contributed by atoms with Crippen LogP contribution < -0.4 is 4.90 Å². The molecule has 150 valence electrons. The number of anilines is 1. The van der Waals surface area contributed by atoms with Crippen LogP contribution in [0.25, 0.3) is 0 Å². The average molecular weight is 394 g/mol. The highest BCUT2D eigenvalue weighted by molar-refractivity contribution is 5.68. The van der Waals surface area contributed by atoms with Gasteiger partial charge in [-0.05, 0) is 36.6 Å². The van der Waals surface area contributed by atoms with Gasteiger partial charge in [0.15, 0.2) is 0 Å². The van der Waals surface area contributed by atoms with Gasteiger partial charge in [0.1, 0.15) is 5.82 Å². The molecule has 0 atom stereocenters. The van der Waals surface area contributed by atoms with Crippen LogP contribution in [0.1, 0.15) is 17.5 Å². The fourth-order valence-electron chi connectivity index (χ4n) is 2.93. The number of carbonyl (C=O) groups is 1. The van der Waals surface area contributed by atoms with Crippen molar-refractivity contribution in [3.05, 3.63) is 54.0 Å². The van der Waals surface area contributed by atoms with Gasteiger partial charge in [-0.2, -0.15) is 13.2 Å². The number of piperazine rings is 1. The van der Waals surface area contributed by atoms with E-state index < -0.39 is 11.7 Å². The second kappa shape index (κ2) is 8.90. The van der Waals surface area contributed by atoms with Gasteiger partial charge in [-0.3, -0.25) is 4.98 Å². The first-order chi connectivity index (χ1) is 13.4. The number of ether oxygens (including phenoxy) is 1. The van der Waals surface area contributed by atoms with Crippen molar-refractivity contribution in [1.29, 1.82) is 0 Å². The molecule has 0 aromatic carbocycles. The first kappa shape index (κ1) is 19.9. The van der Waals surface area contributed by atoms with Crippen molar-refractivity contribution in [2.24, 2.45) is 0 Å². The van der Waals surface area contributed by atoms with E-state index in [1.165, 1.54) is 6.07 Å². The van der Waals surface area contributed by atoms with Gasteiger partial charge < -0.3 is 14.5 Å². The largest absolute Gasteiger partial charge is 0.449 e. The van der Waals surface area contributed by atoms with Gasteiger partial charge in [0.25, 0.3) is 0 Å². The summed E-state index contributed by atoms with van der Waals surface area (Å²) < 4.78 is 43.1. The van der Waals surface area contributed by atoms with Gasteiger partial charge in [0.2, 0.25) is 0 Å². The van der Waals surface area contributed by atoms with Crippen molar-refractivity contribution in [3.8, 4) is 0 Å². The third kappa shape index (κ3) is 5.34. The van der Waals surface area contributed by atoms with Crippen LogP contribution in [0.5, 0.6) is 0 Å². The SMILES string of the molecule is O=C(OCCCc1cccnc1)N1CCN(c2ccc(C(F)(F)F)cn2)CC1.